The molecule has 7 heteroatoms. The van der Waals surface area contributed by atoms with Gasteiger partial charge in [0.15, 0.2) is 0 Å². The molecule has 1 aliphatic heterocycles. The van der Waals surface area contributed by atoms with Gasteiger partial charge in [-0.3, -0.25) is 14.6 Å². The van der Waals surface area contributed by atoms with E-state index in [2.05, 4.69) is 22.1 Å². The molecule has 154 valence electrons. The van der Waals surface area contributed by atoms with Crippen molar-refractivity contribution >= 4 is 28.4 Å². The van der Waals surface area contributed by atoms with Crippen LogP contribution in [-0.4, -0.2) is 52.0 Å². The van der Waals surface area contributed by atoms with Gasteiger partial charge in [-0.25, -0.2) is 4.98 Å². The number of H-pyrrole nitrogens is 1. The number of hydrogen-bond acceptors (Lipinski definition) is 5. The van der Waals surface area contributed by atoms with Crippen molar-refractivity contribution in [2.45, 2.75) is 32.4 Å². The van der Waals surface area contributed by atoms with Crippen molar-refractivity contribution < 1.29 is 14.3 Å². The Kier molecular flexibility index (Phi) is 5.61. The number of aromatic amines is 1. The number of piperidine rings is 1. The average molecular weight is 404 g/mol. The third-order valence-electron chi connectivity index (χ3n) is 5.49. The summed E-state index contributed by atoms with van der Waals surface area (Å²) in [5.74, 6) is -0.542. The van der Waals surface area contributed by atoms with Gasteiger partial charge in [-0.05, 0) is 18.6 Å². The van der Waals surface area contributed by atoms with Crippen LogP contribution in [0.3, 0.4) is 0 Å². The van der Waals surface area contributed by atoms with Crippen LogP contribution in [0.15, 0.2) is 53.8 Å². The Morgan fingerprint density at radius 1 is 1.27 bits per heavy atom. The van der Waals surface area contributed by atoms with Crippen LogP contribution in [0, 0.1) is 0 Å². The molecule has 1 saturated heterocycles. The second-order valence-corrected chi connectivity index (χ2v) is 7.44. The Labute approximate surface area is 174 Å². The number of aromatic nitrogens is 2. The van der Waals surface area contributed by atoms with Gasteiger partial charge in [-0.1, -0.05) is 30.3 Å². The Balaban J connectivity index is 1.48. The van der Waals surface area contributed by atoms with Gasteiger partial charge in [0, 0.05) is 43.5 Å². The summed E-state index contributed by atoms with van der Waals surface area (Å²) in [6.07, 6.45) is 4.47. The molecule has 0 radical (unpaired) electrons. The maximum absolute atomic E-state index is 13.0. The second-order valence-electron chi connectivity index (χ2n) is 7.44. The molecule has 1 aliphatic rings. The predicted molar refractivity (Wildman–Crippen MR) is 115 cm³/mol. The van der Waals surface area contributed by atoms with Gasteiger partial charge in [0.1, 0.15) is 11.4 Å². The van der Waals surface area contributed by atoms with E-state index in [9.17, 15) is 9.59 Å². The lowest BCUT2D eigenvalue weighted by molar-refractivity contribution is -0.128. The highest BCUT2D eigenvalue weighted by Crippen LogP contribution is 2.28. The van der Waals surface area contributed by atoms with Crippen LogP contribution in [-0.2, 0) is 11.3 Å². The Hall–Kier alpha value is -3.48. The lowest BCUT2D eigenvalue weighted by atomic mass is 9.99. The van der Waals surface area contributed by atoms with Gasteiger partial charge in [0.25, 0.3) is 11.7 Å². The molecule has 1 amide bonds. The lowest BCUT2D eigenvalue weighted by Crippen LogP contribution is -2.47. The number of benzene rings is 1. The average Bonchev–Trinajstić information content (AvgIpc) is 3.22. The third kappa shape index (κ3) is 3.83. The smallest absolute Gasteiger partial charge is 0.295 e. The first-order valence-corrected chi connectivity index (χ1v) is 10.00. The van der Waals surface area contributed by atoms with E-state index in [4.69, 9.17) is 9.73 Å². The van der Waals surface area contributed by atoms with Crippen LogP contribution < -0.4 is 4.74 Å². The number of ether oxygens (including phenoxy) is 1. The number of nitrogens with zero attached hydrogens (tertiary/aromatic N) is 3. The van der Waals surface area contributed by atoms with Crippen molar-refractivity contribution in [3.05, 3.63) is 59.9 Å². The molecule has 1 aromatic carbocycles. The van der Waals surface area contributed by atoms with Crippen LogP contribution in [0.5, 0.6) is 5.75 Å². The van der Waals surface area contributed by atoms with Crippen LogP contribution in [0.2, 0.25) is 0 Å². The summed E-state index contributed by atoms with van der Waals surface area (Å²) >= 11 is 0. The van der Waals surface area contributed by atoms with Crippen LogP contribution >= 0.6 is 0 Å². The molecule has 1 N–H and O–H groups in total. The number of methoxy groups -OCH3 is 1. The van der Waals surface area contributed by atoms with Crippen molar-refractivity contribution in [1.29, 1.82) is 0 Å². The lowest BCUT2D eigenvalue weighted by Gasteiger charge is -2.33. The van der Waals surface area contributed by atoms with Gasteiger partial charge in [-0.15, -0.1) is 0 Å². The maximum Gasteiger partial charge on any atom is 0.295 e. The zero-order chi connectivity index (χ0) is 21.1. The molecule has 1 atom stereocenters. The Bertz CT molecular complexity index is 1100. The highest BCUT2D eigenvalue weighted by atomic mass is 16.5. The van der Waals surface area contributed by atoms with E-state index in [0.717, 1.165) is 11.3 Å². The van der Waals surface area contributed by atoms with Gasteiger partial charge < -0.3 is 14.6 Å². The van der Waals surface area contributed by atoms with Crippen molar-refractivity contribution in [3.8, 4) is 5.75 Å². The van der Waals surface area contributed by atoms with Crippen molar-refractivity contribution in [2.75, 3.05) is 13.7 Å². The molecular formula is C23H24N4O3. The zero-order valence-electron chi connectivity index (χ0n) is 17.1. The minimum atomic E-state index is -0.552. The van der Waals surface area contributed by atoms with E-state index in [1.807, 2.05) is 25.1 Å². The molecule has 30 heavy (non-hydrogen) atoms. The minimum Gasteiger partial charge on any atom is -0.496 e. The fourth-order valence-corrected chi connectivity index (χ4v) is 3.88. The molecule has 3 heterocycles. The first-order valence-electron chi connectivity index (χ1n) is 10.00. The molecule has 0 bridgehead atoms. The number of amides is 1. The SMILES string of the molecule is COc1ccnc2[nH]cc(C(=O)C(=O)N3CCC(=NCc4ccccc4)CC3C)c12. The summed E-state index contributed by atoms with van der Waals surface area (Å²) in [6.45, 7) is 3.08. The summed E-state index contributed by atoms with van der Waals surface area (Å²) in [6, 6.07) is 11.7. The molecule has 4 rings (SSSR count). The van der Waals surface area contributed by atoms with Crippen molar-refractivity contribution in [1.82, 2.24) is 14.9 Å². The van der Waals surface area contributed by atoms with Crippen molar-refractivity contribution in [3.63, 3.8) is 0 Å². The van der Waals surface area contributed by atoms with E-state index in [1.165, 1.54) is 13.3 Å². The number of hydrogen-bond donors (Lipinski definition) is 1. The molecule has 2 aromatic heterocycles. The largest absolute Gasteiger partial charge is 0.496 e. The molecule has 3 aromatic rings. The van der Waals surface area contributed by atoms with Gasteiger partial charge in [0.2, 0.25) is 0 Å². The van der Waals surface area contributed by atoms with E-state index in [1.54, 1.807) is 17.2 Å². The maximum atomic E-state index is 13.0. The summed E-state index contributed by atoms with van der Waals surface area (Å²) in [5, 5.41) is 0.535. The van der Waals surface area contributed by atoms with E-state index >= 15 is 0 Å². The summed E-state index contributed by atoms with van der Waals surface area (Å²) in [4.78, 5) is 39.5. The fraction of sp³-hybridized carbons (Fsp3) is 0.304. The fourth-order valence-electron chi connectivity index (χ4n) is 3.88. The van der Waals surface area contributed by atoms with Crippen LogP contribution in [0.25, 0.3) is 11.0 Å². The number of nitrogens with one attached hydrogen (secondary N) is 1. The molecule has 0 saturated carbocycles. The van der Waals surface area contributed by atoms with E-state index in [-0.39, 0.29) is 11.6 Å². The van der Waals surface area contributed by atoms with Gasteiger partial charge in [-0.2, -0.15) is 0 Å². The topological polar surface area (TPSA) is 87.6 Å². The molecular weight excluding hydrogens is 380 g/mol. The predicted octanol–water partition coefficient (Wildman–Crippen LogP) is 3.41. The summed E-state index contributed by atoms with van der Waals surface area (Å²) < 4.78 is 5.35. The number of pyridine rings is 1. The van der Waals surface area contributed by atoms with E-state index in [0.29, 0.717) is 42.7 Å². The third-order valence-corrected chi connectivity index (χ3v) is 5.49. The first-order chi connectivity index (χ1) is 14.6. The molecule has 1 unspecified atom stereocenters. The first kappa shape index (κ1) is 19.8. The number of carbonyl (C=O) groups excluding carboxylic acids is 2. The molecule has 1 fully saturated rings. The normalized spacial score (nSPS) is 18.0. The standard InChI is InChI=1S/C23H24N4O3/c1-15-12-17(25-13-16-6-4-3-5-7-16)9-11-27(15)23(29)21(28)18-14-26-22-20(18)19(30-2)8-10-24-22/h3-8,10,14-15H,9,11-13H2,1-2H3,(H,24,26). The number of rotatable bonds is 5. The monoisotopic (exact) mass is 404 g/mol. The van der Waals surface area contributed by atoms with Gasteiger partial charge >= 0.3 is 0 Å². The quantitative estimate of drug-likeness (QED) is 0.521. The van der Waals surface area contributed by atoms with Crippen LogP contribution in [0.1, 0.15) is 35.7 Å². The number of ketones is 1. The second kappa shape index (κ2) is 8.49. The summed E-state index contributed by atoms with van der Waals surface area (Å²) in [7, 11) is 1.53. The van der Waals surface area contributed by atoms with E-state index < -0.39 is 11.7 Å². The molecule has 0 spiro atoms. The highest BCUT2D eigenvalue weighted by Gasteiger charge is 2.32. The highest BCUT2D eigenvalue weighted by molar-refractivity contribution is 6.45. The molecule has 7 nitrogen and oxygen atoms in total. The zero-order valence-corrected chi connectivity index (χ0v) is 17.1. The number of likely N-dealkylation sites (tertiary alicyclic amines) is 1. The van der Waals surface area contributed by atoms with Crippen LogP contribution in [0.4, 0.5) is 0 Å². The number of Topliss-reactive ketones (excluding diaryl/α,β-unsaturated/α-hetero) is 1. The Morgan fingerprint density at radius 2 is 2.07 bits per heavy atom. The van der Waals surface area contributed by atoms with Gasteiger partial charge in [0.05, 0.1) is 24.6 Å². The number of fused-ring (bicyclic) bond motifs is 1. The molecule has 0 aliphatic carbocycles. The number of carbonyl (C=O) groups is 2. The minimum absolute atomic E-state index is 0.0880. The summed E-state index contributed by atoms with van der Waals surface area (Å²) in [5.41, 5.74) is 3.05. The number of aliphatic imine (C=N–C) groups is 1. The Morgan fingerprint density at radius 3 is 2.80 bits per heavy atom. The van der Waals surface area contributed by atoms with Crippen molar-refractivity contribution in [2.24, 2.45) is 4.99 Å².